The molecule has 1 fully saturated rings. The molecule has 1 aliphatic rings. The van der Waals surface area contributed by atoms with Gasteiger partial charge in [0, 0.05) is 33.1 Å². The van der Waals surface area contributed by atoms with Crippen LogP contribution >= 0.6 is 0 Å². The van der Waals surface area contributed by atoms with Crippen LogP contribution in [0.4, 0.5) is 0 Å². The first kappa shape index (κ1) is 13.9. The van der Waals surface area contributed by atoms with E-state index < -0.39 is 21.9 Å². The molecule has 1 aliphatic heterocycles. The summed E-state index contributed by atoms with van der Waals surface area (Å²) in [6, 6.07) is 0. The van der Waals surface area contributed by atoms with E-state index in [4.69, 9.17) is 5.11 Å². The first-order chi connectivity index (χ1) is 7.71. The van der Waals surface area contributed by atoms with Gasteiger partial charge in [-0.15, -0.1) is 0 Å². The molecule has 8 heteroatoms. The predicted octanol–water partition coefficient (Wildman–Crippen LogP) is -1.19. The minimum atomic E-state index is -3.26. The summed E-state index contributed by atoms with van der Waals surface area (Å²) in [5.74, 6) is -1.90. The van der Waals surface area contributed by atoms with Crippen molar-refractivity contribution < 1.29 is 23.1 Å². The maximum absolute atomic E-state index is 11.4. The monoisotopic (exact) mass is 264 g/mol. The molecule has 0 saturated carbocycles. The van der Waals surface area contributed by atoms with Crippen LogP contribution in [0.1, 0.15) is 6.42 Å². The Kier molecular flexibility index (Phi) is 4.10. The zero-order valence-corrected chi connectivity index (χ0v) is 10.6. The third kappa shape index (κ3) is 3.67. The van der Waals surface area contributed by atoms with E-state index in [9.17, 15) is 18.0 Å². The number of likely N-dealkylation sites (tertiary alicyclic amines) is 1. The summed E-state index contributed by atoms with van der Waals surface area (Å²) in [4.78, 5) is 23.5. The fourth-order valence-electron chi connectivity index (χ4n) is 1.58. The molecule has 0 bridgehead atoms. The quantitative estimate of drug-likeness (QED) is 0.673. The highest BCUT2D eigenvalue weighted by molar-refractivity contribution is 7.88. The van der Waals surface area contributed by atoms with Crippen molar-refractivity contribution in [2.75, 3.05) is 32.9 Å². The van der Waals surface area contributed by atoms with Gasteiger partial charge in [-0.25, -0.2) is 12.7 Å². The number of hydrogen-bond donors (Lipinski definition) is 1. The summed E-state index contributed by atoms with van der Waals surface area (Å²) in [5.41, 5.74) is 0. The molecular formula is C9H16N2O5S. The van der Waals surface area contributed by atoms with Gasteiger partial charge in [-0.2, -0.15) is 0 Å². The second-order valence-electron chi connectivity index (χ2n) is 4.16. The van der Waals surface area contributed by atoms with E-state index >= 15 is 0 Å². The third-order valence-electron chi connectivity index (χ3n) is 2.81. The van der Waals surface area contributed by atoms with E-state index in [2.05, 4.69) is 0 Å². The lowest BCUT2D eigenvalue weighted by Crippen LogP contribution is -2.36. The zero-order valence-electron chi connectivity index (χ0n) is 9.79. The Bertz CT molecular complexity index is 419. The first-order valence-corrected chi connectivity index (χ1v) is 6.98. The van der Waals surface area contributed by atoms with Gasteiger partial charge in [0.05, 0.1) is 12.2 Å². The number of likely N-dealkylation sites (N-methyl/N-ethyl adjacent to an activating group) is 1. The summed E-state index contributed by atoms with van der Waals surface area (Å²) < 4.78 is 23.4. The minimum Gasteiger partial charge on any atom is -0.481 e. The second-order valence-corrected chi connectivity index (χ2v) is 6.25. The van der Waals surface area contributed by atoms with Crippen molar-refractivity contribution in [3.8, 4) is 0 Å². The molecule has 1 rings (SSSR count). The molecule has 1 amide bonds. The van der Waals surface area contributed by atoms with Gasteiger partial charge in [-0.05, 0) is 0 Å². The zero-order chi connectivity index (χ0) is 13.2. The SMILES string of the molecule is CN(CCN1C[C@H](C(=O)O)CC1=O)S(C)(=O)=O. The van der Waals surface area contributed by atoms with Crippen LogP contribution in [-0.2, 0) is 19.6 Å². The van der Waals surface area contributed by atoms with Crippen molar-refractivity contribution in [1.29, 1.82) is 0 Å². The predicted molar refractivity (Wildman–Crippen MR) is 59.8 cm³/mol. The maximum atomic E-state index is 11.4. The molecule has 0 aromatic rings. The summed E-state index contributed by atoms with van der Waals surface area (Å²) >= 11 is 0. The van der Waals surface area contributed by atoms with Gasteiger partial charge in [0.25, 0.3) is 0 Å². The number of hydrogen-bond acceptors (Lipinski definition) is 4. The largest absolute Gasteiger partial charge is 0.481 e. The number of rotatable bonds is 5. The van der Waals surface area contributed by atoms with E-state index in [1.807, 2.05) is 0 Å². The molecule has 98 valence electrons. The van der Waals surface area contributed by atoms with E-state index in [1.165, 1.54) is 11.9 Å². The summed E-state index contributed by atoms with van der Waals surface area (Å²) in [6.45, 7) is 0.564. The third-order valence-corrected chi connectivity index (χ3v) is 4.13. The summed E-state index contributed by atoms with van der Waals surface area (Å²) in [5, 5.41) is 8.77. The molecular weight excluding hydrogens is 248 g/mol. The highest BCUT2D eigenvalue weighted by Gasteiger charge is 2.34. The molecule has 0 unspecified atom stereocenters. The second kappa shape index (κ2) is 5.01. The molecule has 17 heavy (non-hydrogen) atoms. The smallest absolute Gasteiger partial charge is 0.308 e. The molecule has 1 heterocycles. The number of aliphatic carboxylic acids is 1. The maximum Gasteiger partial charge on any atom is 0.308 e. The number of nitrogens with zero attached hydrogens (tertiary/aromatic N) is 2. The van der Waals surface area contributed by atoms with Crippen molar-refractivity contribution in [3.05, 3.63) is 0 Å². The van der Waals surface area contributed by atoms with E-state index in [-0.39, 0.29) is 32.0 Å². The normalized spacial score (nSPS) is 21.2. The fraction of sp³-hybridized carbons (Fsp3) is 0.778. The van der Waals surface area contributed by atoms with E-state index in [0.717, 1.165) is 10.6 Å². The number of carbonyl (C=O) groups is 2. The Morgan fingerprint density at radius 3 is 2.59 bits per heavy atom. The number of amides is 1. The van der Waals surface area contributed by atoms with Gasteiger partial charge in [0.2, 0.25) is 15.9 Å². The molecule has 1 atom stereocenters. The van der Waals surface area contributed by atoms with Crippen molar-refractivity contribution in [2.45, 2.75) is 6.42 Å². The number of carboxylic acids is 1. The topological polar surface area (TPSA) is 95.0 Å². The molecule has 0 aliphatic carbocycles. The van der Waals surface area contributed by atoms with Crippen LogP contribution in [0.25, 0.3) is 0 Å². The standard InChI is InChI=1S/C9H16N2O5S/c1-10(17(2,15)16)3-4-11-6-7(9(13)14)5-8(11)12/h7H,3-6H2,1-2H3,(H,13,14)/t7-/m1/s1. The lowest BCUT2D eigenvalue weighted by Gasteiger charge is -2.20. The lowest BCUT2D eigenvalue weighted by molar-refractivity contribution is -0.141. The Morgan fingerprint density at radius 2 is 2.18 bits per heavy atom. The van der Waals surface area contributed by atoms with Gasteiger partial charge in [0.15, 0.2) is 0 Å². The van der Waals surface area contributed by atoms with Crippen LogP contribution in [0.2, 0.25) is 0 Å². The van der Waals surface area contributed by atoms with Gasteiger partial charge >= 0.3 is 5.97 Å². The van der Waals surface area contributed by atoms with Crippen molar-refractivity contribution in [2.24, 2.45) is 5.92 Å². The van der Waals surface area contributed by atoms with Gasteiger partial charge in [0.1, 0.15) is 0 Å². The highest BCUT2D eigenvalue weighted by atomic mass is 32.2. The van der Waals surface area contributed by atoms with Crippen LogP contribution in [0.3, 0.4) is 0 Å². The molecule has 1 N–H and O–H groups in total. The summed E-state index contributed by atoms with van der Waals surface area (Å²) in [7, 11) is -1.84. The van der Waals surface area contributed by atoms with Crippen molar-refractivity contribution in [1.82, 2.24) is 9.21 Å². The average molecular weight is 264 g/mol. The Hall–Kier alpha value is -1.15. The Labute approximate surface area is 100 Å². The molecule has 7 nitrogen and oxygen atoms in total. The van der Waals surface area contributed by atoms with Gasteiger partial charge in [-0.1, -0.05) is 0 Å². The number of sulfonamides is 1. The number of carbonyl (C=O) groups excluding carboxylic acids is 1. The van der Waals surface area contributed by atoms with Crippen LogP contribution in [0.5, 0.6) is 0 Å². The van der Waals surface area contributed by atoms with Crippen molar-refractivity contribution in [3.63, 3.8) is 0 Å². The first-order valence-electron chi connectivity index (χ1n) is 5.13. The Balaban J connectivity index is 2.49. The van der Waals surface area contributed by atoms with Crippen LogP contribution in [0.15, 0.2) is 0 Å². The van der Waals surface area contributed by atoms with Crippen LogP contribution in [-0.4, -0.2) is 67.5 Å². The van der Waals surface area contributed by atoms with E-state index in [0.29, 0.717) is 0 Å². The minimum absolute atomic E-state index is 0.00206. The number of carboxylic acid groups (broad SMARTS) is 1. The fourth-order valence-corrected chi connectivity index (χ4v) is 1.99. The van der Waals surface area contributed by atoms with Gasteiger partial charge < -0.3 is 10.0 Å². The molecule has 0 aromatic carbocycles. The van der Waals surface area contributed by atoms with Gasteiger partial charge in [-0.3, -0.25) is 9.59 Å². The molecule has 1 saturated heterocycles. The molecule has 0 spiro atoms. The average Bonchev–Trinajstić information content (AvgIpc) is 2.55. The van der Waals surface area contributed by atoms with E-state index in [1.54, 1.807) is 0 Å². The van der Waals surface area contributed by atoms with Crippen molar-refractivity contribution >= 4 is 21.9 Å². The summed E-state index contributed by atoms with van der Waals surface area (Å²) in [6.07, 6.45) is 1.08. The van der Waals surface area contributed by atoms with Crippen LogP contribution < -0.4 is 0 Å². The molecule has 0 radical (unpaired) electrons. The molecule has 0 aromatic heterocycles. The highest BCUT2D eigenvalue weighted by Crippen LogP contribution is 2.17. The lowest BCUT2D eigenvalue weighted by atomic mass is 10.1. The van der Waals surface area contributed by atoms with Crippen LogP contribution in [0, 0.1) is 5.92 Å². The Morgan fingerprint density at radius 1 is 1.59 bits per heavy atom.